The molecule has 0 aliphatic carbocycles. The van der Waals surface area contributed by atoms with E-state index in [0.29, 0.717) is 11.5 Å². The van der Waals surface area contributed by atoms with Gasteiger partial charge in [-0.2, -0.15) is 0 Å². The van der Waals surface area contributed by atoms with Crippen molar-refractivity contribution in [3.63, 3.8) is 0 Å². The number of rotatable bonds is 7. The number of benzene rings is 7. The number of aryl methyl sites for hydroxylation is 1. The van der Waals surface area contributed by atoms with Crippen molar-refractivity contribution in [2.24, 2.45) is 0 Å². The van der Waals surface area contributed by atoms with Gasteiger partial charge < -0.3 is 4.74 Å². The molecule has 10 aromatic rings. The third kappa shape index (κ3) is 6.61. The van der Waals surface area contributed by atoms with Gasteiger partial charge in [-0.1, -0.05) is 6.07 Å². The number of nitrogens with zero attached hydrogens (tertiary/aromatic N) is 4. The topological polar surface area (TPSA) is 46.1 Å². The van der Waals surface area contributed by atoms with Gasteiger partial charge in [-0.25, -0.2) is 0 Å². The van der Waals surface area contributed by atoms with Gasteiger partial charge in [0.05, 0.1) is 6.61 Å². The Kier molecular flexibility index (Phi) is 9.43. The maximum atomic E-state index is 6.69. The van der Waals surface area contributed by atoms with E-state index in [1.54, 1.807) is 0 Å². The van der Waals surface area contributed by atoms with Crippen LogP contribution in [0.2, 0.25) is 0 Å². The summed E-state index contributed by atoms with van der Waals surface area (Å²) in [7, 11) is 0. The van der Waals surface area contributed by atoms with E-state index in [-0.39, 0.29) is 5.41 Å². The quantitative estimate of drug-likeness (QED) is 0.150. The summed E-state index contributed by atoms with van der Waals surface area (Å²) in [4.78, 5) is 4.76. The van der Waals surface area contributed by atoms with Gasteiger partial charge in [0, 0.05) is 6.20 Å². The van der Waals surface area contributed by atoms with Crippen molar-refractivity contribution in [1.82, 2.24) is 18.7 Å². The van der Waals surface area contributed by atoms with E-state index in [1.807, 2.05) is 42.6 Å². The third-order valence-electron chi connectivity index (χ3n) is 11.8. The Morgan fingerprint density at radius 1 is 0.629 bits per heavy atom. The average molecular weight is 986 g/mol. The summed E-state index contributed by atoms with van der Waals surface area (Å²) in [6.45, 7) is 7.60. The van der Waals surface area contributed by atoms with Crippen LogP contribution in [0.3, 0.4) is 0 Å². The van der Waals surface area contributed by atoms with E-state index < -0.39 is 0 Å². The summed E-state index contributed by atoms with van der Waals surface area (Å²) in [5.74, 6) is 2.93. The molecular formula is C55H42N4O2Pt-2. The zero-order chi connectivity index (χ0) is 42.0. The van der Waals surface area contributed by atoms with Crippen LogP contribution in [0.4, 0.5) is 0 Å². The molecule has 62 heavy (non-hydrogen) atoms. The molecule has 7 aromatic carbocycles. The second kappa shape index (κ2) is 15.3. The molecule has 0 saturated heterocycles. The molecule has 0 atom stereocenters. The fourth-order valence-corrected chi connectivity index (χ4v) is 9.91. The van der Waals surface area contributed by atoms with Crippen molar-refractivity contribution < 1.29 is 28.8 Å². The number of aromatic nitrogens is 4. The van der Waals surface area contributed by atoms with E-state index in [0.717, 1.165) is 90.2 Å². The number of imidazole rings is 1. The monoisotopic (exact) mass is 985 g/mol. The molecule has 306 valence electrons. The Morgan fingerprint density at radius 3 is 2.00 bits per heavy atom. The summed E-state index contributed by atoms with van der Waals surface area (Å²) in [6.07, 6.45) is 3.84. The molecule has 11 rings (SSSR count). The molecule has 7 heteroatoms. The zero-order valence-electron chi connectivity index (χ0n) is 34.6. The Bertz CT molecular complexity index is 3320. The molecule has 0 N–H and O–H groups in total. The predicted molar refractivity (Wildman–Crippen MR) is 246 cm³/mol. The van der Waals surface area contributed by atoms with Gasteiger partial charge in [0.25, 0.3) is 0 Å². The molecule has 0 unspecified atom stereocenters. The number of fused-ring (bicyclic) bond motifs is 5. The fraction of sp³-hybridized carbons (Fsp3) is 0.127. The van der Waals surface area contributed by atoms with E-state index in [2.05, 4.69) is 187 Å². The van der Waals surface area contributed by atoms with Crippen LogP contribution in [0, 0.1) is 15.9 Å². The van der Waals surface area contributed by atoms with Crippen LogP contribution in [0.1, 0.15) is 38.3 Å². The summed E-state index contributed by atoms with van der Waals surface area (Å²) in [5.41, 5.74) is 13.2. The molecule has 1 aliphatic rings. The van der Waals surface area contributed by atoms with Crippen molar-refractivity contribution in [3.8, 4) is 56.7 Å². The number of pyridine rings is 1. The molecule has 1 aliphatic heterocycles. The molecule has 0 bridgehead atoms. The molecule has 0 fully saturated rings. The van der Waals surface area contributed by atoms with Gasteiger partial charge in [0.15, 0.2) is 0 Å². The van der Waals surface area contributed by atoms with E-state index in [1.165, 1.54) is 22.3 Å². The predicted octanol–water partition coefficient (Wildman–Crippen LogP) is 13.3. The molecule has 0 saturated carbocycles. The minimum atomic E-state index is -0.0711. The van der Waals surface area contributed by atoms with E-state index >= 15 is 0 Å². The molecule has 0 radical (unpaired) electrons. The van der Waals surface area contributed by atoms with Crippen molar-refractivity contribution in [2.75, 3.05) is 6.61 Å². The molecule has 6 nitrogen and oxygen atoms in total. The standard InChI is InChI=1S/C55H42N4O2.Pt/c1-55(2,3)40-31-45(37-16-6-4-7-17-37)54(46(32-40)38-18-8-5-9-19-38)58-36-57(48-23-10-11-24-49(48)58)41-21-14-22-42(33-41)61-43-26-27-44-47-30-39-20-15-29-60-52(39)35-51(47)59(50(44)34-43)53-25-12-13-28-56-53;/h4-14,16-19,21-28,30-32,35H,15,20,29H2,1-3H3;/q-2;. The second-order valence-corrected chi connectivity index (χ2v) is 17.9. The molecule has 4 heterocycles. The van der Waals surface area contributed by atoms with Crippen LogP contribution in [0.25, 0.3) is 72.3 Å². The van der Waals surface area contributed by atoms with Gasteiger partial charge in [0.1, 0.15) is 5.75 Å². The van der Waals surface area contributed by atoms with Crippen molar-refractivity contribution in [2.45, 2.75) is 39.0 Å². The summed E-state index contributed by atoms with van der Waals surface area (Å²) >= 11 is 2.49. The van der Waals surface area contributed by atoms with Crippen LogP contribution in [0.5, 0.6) is 17.2 Å². The Labute approximate surface area is 371 Å². The second-order valence-electron chi connectivity index (χ2n) is 16.8. The summed E-state index contributed by atoms with van der Waals surface area (Å²) < 4.78 is 20.7. The Hall–Kier alpha value is -6.75. The first-order valence-electron chi connectivity index (χ1n) is 21.1. The minimum absolute atomic E-state index is 0.0711. The van der Waals surface area contributed by atoms with Crippen LogP contribution >= 0.6 is 0 Å². The van der Waals surface area contributed by atoms with Crippen LogP contribution in [0.15, 0.2) is 164 Å². The normalized spacial score (nSPS) is 12.8. The number of para-hydroxylation sites is 2. The first kappa shape index (κ1) is 38.2. The van der Waals surface area contributed by atoms with Crippen LogP contribution in [-0.4, -0.2) is 25.3 Å². The Morgan fingerprint density at radius 2 is 1.31 bits per heavy atom. The first-order chi connectivity index (χ1) is 30.3. The third-order valence-corrected chi connectivity index (χ3v) is 12.9. The van der Waals surface area contributed by atoms with Gasteiger partial charge in [-0.3, -0.25) is 0 Å². The SMILES string of the molecule is CC(C)(C)c1cc(-c2ccccc2)c(-n2[c](=[Pt])n(-c3[c-]c(Oc4[c-]c5c(cc4)c4cc6c(cc4n5-c4ccccn4)OCCC6)ccc3)c3ccccc32)c(-c2ccccc2)c1. The molecule has 0 amide bonds. The summed E-state index contributed by atoms with van der Waals surface area (Å²) in [6, 6.07) is 62.8. The van der Waals surface area contributed by atoms with Crippen LogP contribution in [-0.2, 0) is 31.2 Å². The van der Waals surface area contributed by atoms with Crippen molar-refractivity contribution >= 4 is 32.8 Å². The van der Waals surface area contributed by atoms with Gasteiger partial charge in [-0.15, -0.1) is 0 Å². The molecule has 3 aromatic heterocycles. The molecular weight excluding hydrogens is 944 g/mol. The fourth-order valence-electron chi connectivity index (χ4n) is 8.83. The first-order valence-corrected chi connectivity index (χ1v) is 22.2. The number of hydrogen-bond donors (Lipinski definition) is 0. The summed E-state index contributed by atoms with van der Waals surface area (Å²) in [5, 5.41) is 2.23. The van der Waals surface area contributed by atoms with Crippen molar-refractivity contribution in [1.29, 1.82) is 0 Å². The van der Waals surface area contributed by atoms with Gasteiger partial charge >= 0.3 is 320 Å². The number of ether oxygens (including phenoxy) is 2. The average Bonchev–Trinajstić information content (AvgIpc) is 3.78. The molecule has 0 spiro atoms. The number of hydrogen-bond acceptors (Lipinski definition) is 3. The van der Waals surface area contributed by atoms with Crippen molar-refractivity contribution in [3.05, 3.63) is 191 Å². The van der Waals surface area contributed by atoms with Gasteiger partial charge in [0.2, 0.25) is 0 Å². The Balaban J connectivity index is 1.07. The van der Waals surface area contributed by atoms with E-state index in [4.69, 9.17) is 14.5 Å². The van der Waals surface area contributed by atoms with Crippen LogP contribution < -0.4 is 9.47 Å². The van der Waals surface area contributed by atoms with E-state index in [9.17, 15) is 0 Å². The maximum absolute atomic E-state index is 6.69. The zero-order valence-corrected chi connectivity index (χ0v) is 36.9. The van der Waals surface area contributed by atoms with Gasteiger partial charge in [-0.05, 0) is 24.5 Å².